The summed E-state index contributed by atoms with van der Waals surface area (Å²) >= 11 is 1.32. The standard InChI is InChI=1S/C18H24N4O3S/c1-2-16-20-18(22-21-16)26-12-17(23)19-14-11-24-9-8-15(14)25-10-13-6-4-3-5-7-13/h3-7,14-15H,2,8-12H2,1H3,(H,19,23)(H,20,21,22)/t14-,15+/m1/s1. The first-order valence-electron chi connectivity index (χ1n) is 8.81. The molecule has 1 saturated heterocycles. The van der Waals surface area contributed by atoms with Crippen LogP contribution < -0.4 is 5.32 Å². The van der Waals surface area contributed by atoms with Gasteiger partial charge in [-0.2, -0.15) is 0 Å². The molecule has 2 heterocycles. The zero-order chi connectivity index (χ0) is 18.2. The minimum Gasteiger partial charge on any atom is -0.379 e. The van der Waals surface area contributed by atoms with Crippen molar-refractivity contribution < 1.29 is 14.3 Å². The van der Waals surface area contributed by atoms with Crippen molar-refractivity contribution in [2.45, 2.75) is 43.7 Å². The average Bonchev–Trinajstić information content (AvgIpc) is 3.15. The molecule has 2 aromatic rings. The molecule has 1 aliphatic rings. The molecule has 7 nitrogen and oxygen atoms in total. The number of ether oxygens (including phenoxy) is 2. The van der Waals surface area contributed by atoms with Gasteiger partial charge in [-0.05, 0) is 12.0 Å². The van der Waals surface area contributed by atoms with E-state index in [4.69, 9.17) is 9.47 Å². The number of hydrogen-bond acceptors (Lipinski definition) is 6. The summed E-state index contributed by atoms with van der Waals surface area (Å²) in [6.45, 7) is 3.65. The van der Waals surface area contributed by atoms with Gasteiger partial charge in [0, 0.05) is 13.0 Å². The average molecular weight is 376 g/mol. The first kappa shape index (κ1) is 18.9. The van der Waals surface area contributed by atoms with Crippen LogP contribution in [-0.4, -0.2) is 52.2 Å². The van der Waals surface area contributed by atoms with Crippen molar-refractivity contribution in [3.05, 3.63) is 41.7 Å². The van der Waals surface area contributed by atoms with Crippen LogP contribution in [0, 0.1) is 0 Å². The van der Waals surface area contributed by atoms with Crippen LogP contribution in [0.5, 0.6) is 0 Å². The summed E-state index contributed by atoms with van der Waals surface area (Å²) in [4.78, 5) is 16.6. The first-order chi connectivity index (χ1) is 12.7. The van der Waals surface area contributed by atoms with Gasteiger partial charge < -0.3 is 14.8 Å². The number of aromatic amines is 1. The number of thioether (sulfide) groups is 1. The molecule has 2 atom stereocenters. The topological polar surface area (TPSA) is 89.1 Å². The molecule has 0 radical (unpaired) electrons. The number of nitrogens with zero attached hydrogens (tertiary/aromatic N) is 2. The van der Waals surface area contributed by atoms with Gasteiger partial charge in [0.1, 0.15) is 5.82 Å². The number of rotatable bonds is 8. The van der Waals surface area contributed by atoms with Crippen molar-refractivity contribution in [1.29, 1.82) is 0 Å². The minimum absolute atomic E-state index is 0.0480. The molecule has 1 fully saturated rings. The number of nitrogens with one attached hydrogen (secondary N) is 2. The van der Waals surface area contributed by atoms with E-state index in [0.29, 0.717) is 25.0 Å². The van der Waals surface area contributed by atoms with Crippen molar-refractivity contribution in [2.24, 2.45) is 0 Å². The lowest BCUT2D eigenvalue weighted by atomic mass is 10.1. The fourth-order valence-electron chi connectivity index (χ4n) is 2.71. The Morgan fingerprint density at radius 3 is 3.04 bits per heavy atom. The van der Waals surface area contributed by atoms with E-state index < -0.39 is 0 Å². The van der Waals surface area contributed by atoms with Crippen molar-refractivity contribution in [1.82, 2.24) is 20.5 Å². The summed E-state index contributed by atoms with van der Waals surface area (Å²) in [7, 11) is 0. The molecule has 0 bridgehead atoms. The highest BCUT2D eigenvalue weighted by molar-refractivity contribution is 7.99. The summed E-state index contributed by atoms with van der Waals surface area (Å²) in [5, 5.41) is 10.5. The van der Waals surface area contributed by atoms with Crippen LogP contribution in [0.15, 0.2) is 35.5 Å². The molecule has 0 unspecified atom stereocenters. The monoisotopic (exact) mass is 376 g/mol. The van der Waals surface area contributed by atoms with Gasteiger partial charge in [0.05, 0.1) is 31.1 Å². The Kier molecular flexibility index (Phi) is 7.04. The molecule has 1 aliphatic heterocycles. The van der Waals surface area contributed by atoms with E-state index in [1.165, 1.54) is 11.8 Å². The number of aryl methyl sites for hydroxylation is 1. The highest BCUT2D eigenvalue weighted by Crippen LogP contribution is 2.16. The lowest BCUT2D eigenvalue weighted by Gasteiger charge is -2.32. The van der Waals surface area contributed by atoms with Gasteiger partial charge >= 0.3 is 0 Å². The van der Waals surface area contributed by atoms with Crippen molar-refractivity contribution in [3.8, 4) is 0 Å². The van der Waals surface area contributed by atoms with Crippen LogP contribution in [0.2, 0.25) is 0 Å². The normalized spacial score (nSPS) is 20.0. The highest BCUT2D eigenvalue weighted by atomic mass is 32.2. The number of carbonyl (C=O) groups excluding carboxylic acids is 1. The Labute approximate surface area is 157 Å². The molecular weight excluding hydrogens is 352 g/mol. The number of amides is 1. The van der Waals surface area contributed by atoms with Gasteiger partial charge in [-0.15, -0.1) is 5.10 Å². The van der Waals surface area contributed by atoms with E-state index in [-0.39, 0.29) is 23.8 Å². The van der Waals surface area contributed by atoms with Crippen LogP contribution >= 0.6 is 11.8 Å². The van der Waals surface area contributed by atoms with E-state index in [2.05, 4.69) is 20.5 Å². The predicted molar refractivity (Wildman–Crippen MR) is 98.9 cm³/mol. The first-order valence-corrected chi connectivity index (χ1v) is 9.80. The molecule has 0 spiro atoms. The van der Waals surface area contributed by atoms with Gasteiger partial charge in [0.25, 0.3) is 0 Å². The quantitative estimate of drug-likeness (QED) is 0.685. The van der Waals surface area contributed by atoms with Crippen LogP contribution in [0.4, 0.5) is 0 Å². The number of aromatic nitrogens is 3. The maximum atomic E-state index is 12.3. The minimum atomic E-state index is -0.140. The Morgan fingerprint density at radius 2 is 2.27 bits per heavy atom. The molecular formula is C18H24N4O3S. The van der Waals surface area contributed by atoms with E-state index in [1.807, 2.05) is 37.3 Å². The third kappa shape index (κ3) is 5.55. The van der Waals surface area contributed by atoms with Crippen molar-refractivity contribution in [3.63, 3.8) is 0 Å². The van der Waals surface area contributed by atoms with Gasteiger partial charge in [0.15, 0.2) is 0 Å². The molecule has 0 saturated carbocycles. The van der Waals surface area contributed by atoms with Crippen LogP contribution in [-0.2, 0) is 27.3 Å². The lowest BCUT2D eigenvalue weighted by molar-refractivity contribution is -0.124. The second-order valence-corrected chi connectivity index (χ2v) is 7.02. The maximum absolute atomic E-state index is 12.3. The zero-order valence-corrected chi connectivity index (χ0v) is 15.6. The molecule has 3 rings (SSSR count). The second kappa shape index (κ2) is 9.70. The van der Waals surface area contributed by atoms with Crippen molar-refractivity contribution >= 4 is 17.7 Å². The molecule has 1 aromatic carbocycles. The summed E-state index contributed by atoms with van der Waals surface area (Å²) in [6.07, 6.45) is 1.51. The Hall–Kier alpha value is -1.90. The van der Waals surface area contributed by atoms with Crippen LogP contribution in [0.1, 0.15) is 24.7 Å². The molecule has 8 heteroatoms. The SMILES string of the molecule is CCc1nc(SCC(=O)N[C@@H]2COCC[C@@H]2OCc2ccccc2)n[nH]1. The fourth-order valence-corrected chi connectivity index (χ4v) is 3.34. The summed E-state index contributed by atoms with van der Waals surface area (Å²) in [6, 6.07) is 9.89. The number of carbonyl (C=O) groups is 1. The van der Waals surface area contributed by atoms with E-state index >= 15 is 0 Å². The second-order valence-electron chi connectivity index (χ2n) is 6.08. The summed E-state index contributed by atoms with van der Waals surface area (Å²) < 4.78 is 11.5. The Balaban J connectivity index is 1.46. The predicted octanol–water partition coefficient (Wildman–Crippen LogP) is 1.95. The zero-order valence-electron chi connectivity index (χ0n) is 14.8. The Morgan fingerprint density at radius 1 is 1.42 bits per heavy atom. The molecule has 1 aromatic heterocycles. The maximum Gasteiger partial charge on any atom is 0.230 e. The van der Waals surface area contributed by atoms with Crippen LogP contribution in [0.3, 0.4) is 0 Å². The van der Waals surface area contributed by atoms with E-state index in [9.17, 15) is 4.79 Å². The highest BCUT2D eigenvalue weighted by Gasteiger charge is 2.28. The van der Waals surface area contributed by atoms with E-state index in [0.717, 1.165) is 24.2 Å². The molecule has 1 amide bonds. The summed E-state index contributed by atoms with van der Waals surface area (Å²) in [5.41, 5.74) is 1.12. The number of H-pyrrole nitrogens is 1. The number of hydrogen-bond donors (Lipinski definition) is 2. The van der Waals surface area contributed by atoms with Gasteiger partial charge in [-0.3, -0.25) is 9.89 Å². The molecule has 2 N–H and O–H groups in total. The largest absolute Gasteiger partial charge is 0.379 e. The van der Waals surface area contributed by atoms with E-state index in [1.54, 1.807) is 0 Å². The van der Waals surface area contributed by atoms with Crippen molar-refractivity contribution in [2.75, 3.05) is 19.0 Å². The van der Waals surface area contributed by atoms with Gasteiger partial charge in [0.2, 0.25) is 11.1 Å². The van der Waals surface area contributed by atoms with Crippen LogP contribution in [0.25, 0.3) is 0 Å². The van der Waals surface area contributed by atoms with Gasteiger partial charge in [-0.1, -0.05) is 49.0 Å². The lowest BCUT2D eigenvalue weighted by Crippen LogP contribution is -2.51. The smallest absolute Gasteiger partial charge is 0.230 e. The fraction of sp³-hybridized carbons (Fsp3) is 0.500. The third-order valence-electron chi connectivity index (χ3n) is 4.12. The summed E-state index contributed by atoms with van der Waals surface area (Å²) in [5.74, 6) is 1.02. The number of benzene rings is 1. The molecule has 26 heavy (non-hydrogen) atoms. The van der Waals surface area contributed by atoms with Gasteiger partial charge in [-0.25, -0.2) is 4.98 Å². The molecule has 0 aliphatic carbocycles. The third-order valence-corrected chi connectivity index (χ3v) is 4.97. The molecule has 140 valence electrons. The Bertz CT molecular complexity index is 695.